The van der Waals surface area contributed by atoms with Crippen LogP contribution in [0.25, 0.3) is 128 Å². The molecule has 6 radical (unpaired) electrons. The minimum absolute atomic E-state index is 0. The Labute approximate surface area is 489 Å². The number of aliphatic imine (C=N–C) groups is 4. The first-order valence-corrected chi connectivity index (χ1v) is 17.6. The Hall–Kier alpha value is -5.84. The summed E-state index contributed by atoms with van der Waals surface area (Å²) in [6.07, 6.45) is 5.90. The SMILES string of the molecule is Cc1cc(C=NC(C)(C)C[O-])c([O-])c(C=NC(C)(C)CO)c1.Cc1cc(C=NC(C)(C)C[O-])c([O-])c(C=NC(C)(C)CO)c1.[Cu+2].[Cu+2].[Cu+2].[Cu+2].[Cu+2].[Cu+2].[N-]=[N+]=[N-].[N-]=[N+]=[N-].[N-]=[N+]=[N-].[N-]=[N+]=[N-].[N-]=[N+]=[N-].[N-]=[N+]=[N-].[N-]=[N+]=[N-].[N-]=[N+]=[N-]. The van der Waals surface area contributed by atoms with Crippen molar-refractivity contribution in [2.75, 3.05) is 26.4 Å². The Balaban J connectivity index is -0.0000000536. The molecule has 0 aliphatic heterocycles. The van der Waals surface area contributed by atoms with E-state index in [1.807, 2.05) is 13.8 Å². The number of aliphatic hydroxyl groups excluding tert-OH is 2. The van der Waals surface area contributed by atoms with Gasteiger partial charge in [-0.25, -0.2) is 0 Å². The molecule has 0 aromatic heterocycles. The van der Waals surface area contributed by atoms with Gasteiger partial charge in [0.2, 0.25) is 0 Å². The third-order valence-corrected chi connectivity index (χ3v) is 6.27. The zero-order chi connectivity index (χ0) is 55.6. The molecule has 0 heterocycles. The van der Waals surface area contributed by atoms with Crippen LogP contribution in [0.4, 0.5) is 0 Å². The Kier molecular flexibility index (Phi) is 95.1. The number of aryl methyl sites for hydroxylation is 2. The van der Waals surface area contributed by atoms with Crippen LogP contribution in [-0.2, 0) is 102 Å². The van der Waals surface area contributed by atoms with E-state index in [1.165, 1.54) is 64.2 Å². The number of aliphatic hydroxyl groups is 2. The van der Waals surface area contributed by atoms with Crippen LogP contribution in [0.1, 0.15) is 88.8 Å². The van der Waals surface area contributed by atoms with Crippen molar-refractivity contribution in [2.24, 2.45) is 20.0 Å². The molecule has 0 bridgehead atoms. The van der Waals surface area contributed by atoms with Gasteiger partial charge in [-0.05, 0) is 103 Å². The van der Waals surface area contributed by atoms with Gasteiger partial charge in [0.1, 0.15) is 0 Å². The van der Waals surface area contributed by atoms with Crippen LogP contribution in [0.2, 0.25) is 0 Å². The van der Waals surface area contributed by atoms with Gasteiger partial charge in [0.25, 0.3) is 0 Å². The molecular weight excluding hydrogens is 1280 g/mol. The largest absolute Gasteiger partial charge is 2.00 e. The van der Waals surface area contributed by atoms with Gasteiger partial charge in [-0.2, -0.15) is 0 Å². The van der Waals surface area contributed by atoms with Gasteiger partial charge in [0, 0.05) is 35.9 Å². The summed E-state index contributed by atoms with van der Waals surface area (Å²) in [6.45, 7) is 16.9. The zero-order valence-corrected chi connectivity index (χ0v) is 46.0. The molecule has 426 valence electrons. The fourth-order valence-electron chi connectivity index (χ4n) is 3.18. The quantitative estimate of drug-likeness (QED) is 0.0688. The predicted molar refractivity (Wildman–Crippen MR) is 252 cm³/mol. The maximum absolute atomic E-state index is 12.4. The smallest absolute Gasteiger partial charge is 0.872 e. The standard InChI is InChI=1S/2C17H25N2O3.6Cu.8N3/c2*1-12-6-13(8-18-16(2,3)10-20)15(22)14(7-12)9-19-17(4,5)11-21;;;;;;;8*1-3-2/h2*6-9,20,22H,10-11H2,1-5H3;;;;;;;;;;;;;;/q2*-1;6*+2;8*-1/p-2. The van der Waals surface area contributed by atoms with Crippen molar-refractivity contribution in [3.05, 3.63) is 185 Å². The van der Waals surface area contributed by atoms with Gasteiger partial charge in [-0.3, -0.25) is 59.3 Å². The number of hydrogen-bond acceptors (Lipinski definition) is 10. The van der Waals surface area contributed by atoms with E-state index < -0.39 is 22.2 Å². The summed E-state index contributed by atoms with van der Waals surface area (Å²) in [6, 6.07) is 6.97. The fourth-order valence-corrected chi connectivity index (χ4v) is 3.18. The Bertz CT molecular complexity index is 1820. The summed E-state index contributed by atoms with van der Waals surface area (Å²) in [5.41, 5.74) is 109. The number of benzene rings is 2. The van der Waals surface area contributed by atoms with Crippen molar-refractivity contribution in [3.63, 3.8) is 0 Å². The second kappa shape index (κ2) is 67.2. The molecule has 2 N–H and O–H groups in total. The van der Waals surface area contributed by atoms with E-state index in [1.54, 1.807) is 79.7 Å². The minimum atomic E-state index is -0.733. The van der Waals surface area contributed by atoms with E-state index in [4.69, 9.17) is 88.5 Å². The van der Waals surface area contributed by atoms with Gasteiger partial charge in [-0.1, -0.05) is 35.8 Å². The first-order chi connectivity index (χ1) is 31.5. The van der Waals surface area contributed by atoms with Crippen molar-refractivity contribution in [2.45, 2.75) is 91.4 Å². The van der Waals surface area contributed by atoms with Crippen molar-refractivity contribution < 1.29 is 133 Å². The van der Waals surface area contributed by atoms with E-state index in [9.17, 15) is 30.6 Å². The van der Waals surface area contributed by atoms with Gasteiger partial charge in [0.05, 0.1) is 24.3 Å². The molecule has 0 fully saturated rings. The molecule has 34 nitrogen and oxygen atoms in total. The summed E-state index contributed by atoms with van der Waals surface area (Å²) in [5, 5.41) is 65.2. The number of rotatable bonds is 12. The molecule has 0 spiro atoms. The first-order valence-electron chi connectivity index (χ1n) is 17.6. The fraction of sp³-hybridized carbons (Fsp3) is 0.529. The third kappa shape index (κ3) is 72.7. The summed E-state index contributed by atoms with van der Waals surface area (Å²) >= 11 is 0. The van der Waals surface area contributed by atoms with E-state index in [2.05, 4.69) is 20.0 Å². The maximum Gasteiger partial charge on any atom is 2.00 e. The van der Waals surface area contributed by atoms with Crippen LogP contribution in [0.5, 0.6) is 11.5 Å². The average molecular weight is 1330 g/mol. The van der Waals surface area contributed by atoms with Crippen LogP contribution in [0.3, 0.4) is 0 Å². The van der Waals surface area contributed by atoms with Crippen LogP contribution in [0, 0.1) is 13.8 Å². The summed E-state index contributed by atoms with van der Waals surface area (Å²) in [4.78, 5) is 28.9. The second-order valence-corrected chi connectivity index (χ2v) is 14.1. The molecule has 0 atom stereocenters. The molecule has 2 aromatic rings. The van der Waals surface area contributed by atoms with E-state index in [0.29, 0.717) is 22.3 Å². The molecule has 0 unspecified atom stereocenters. The van der Waals surface area contributed by atoms with Crippen molar-refractivity contribution in [1.82, 2.24) is 0 Å². The number of hydrogen-bond donors (Lipinski definition) is 2. The molecule has 40 heteroatoms. The molecule has 74 heavy (non-hydrogen) atoms. The van der Waals surface area contributed by atoms with E-state index >= 15 is 0 Å². The zero-order valence-electron chi connectivity index (χ0n) is 40.3. The van der Waals surface area contributed by atoms with Gasteiger partial charge >= 0.3 is 102 Å². The molecule has 0 amide bonds. The molecule has 0 saturated carbocycles. The predicted octanol–water partition coefficient (Wildman–Crippen LogP) is 8.55. The van der Waals surface area contributed by atoms with Crippen LogP contribution in [0.15, 0.2) is 44.2 Å². The molecule has 0 saturated heterocycles. The van der Waals surface area contributed by atoms with Crippen LogP contribution >= 0.6 is 0 Å². The first kappa shape index (κ1) is 105. The topological polar surface area (TPSA) is 652 Å². The monoisotopic (exact) mass is 1320 g/mol. The Morgan fingerprint density at radius 2 is 0.514 bits per heavy atom. The summed E-state index contributed by atoms with van der Waals surface area (Å²) in [7, 11) is 0. The Morgan fingerprint density at radius 1 is 0.378 bits per heavy atom. The van der Waals surface area contributed by atoms with Crippen molar-refractivity contribution in [3.8, 4) is 11.5 Å². The summed E-state index contributed by atoms with van der Waals surface area (Å²) < 4.78 is 0. The van der Waals surface area contributed by atoms with Crippen LogP contribution < -0.4 is 20.4 Å². The molecular formula is C34H48Cu6N28O6. The molecule has 0 aliphatic rings. The molecule has 2 aromatic carbocycles. The Morgan fingerprint density at radius 3 is 0.635 bits per heavy atom. The van der Waals surface area contributed by atoms with Crippen molar-refractivity contribution in [1.29, 1.82) is 0 Å². The van der Waals surface area contributed by atoms with E-state index in [0.717, 1.165) is 11.1 Å². The van der Waals surface area contributed by atoms with Crippen molar-refractivity contribution >= 4 is 24.9 Å². The second-order valence-electron chi connectivity index (χ2n) is 14.1. The molecule has 2 rings (SSSR count). The third-order valence-electron chi connectivity index (χ3n) is 6.27. The normalized spacial score (nSPS) is 8.84. The minimum Gasteiger partial charge on any atom is -0.872 e. The average Bonchev–Trinajstić information content (AvgIpc) is 3.25. The van der Waals surface area contributed by atoms with Gasteiger partial charge < -0.3 is 119 Å². The van der Waals surface area contributed by atoms with Gasteiger partial charge in [-0.15, -0.1) is 13.2 Å². The maximum atomic E-state index is 12.4. The summed E-state index contributed by atoms with van der Waals surface area (Å²) in [5.74, 6) is -0.373. The molecule has 0 aliphatic carbocycles. The van der Waals surface area contributed by atoms with E-state index in [-0.39, 0.29) is 140 Å². The van der Waals surface area contributed by atoms with Crippen LogP contribution in [-0.4, -0.2) is 83.7 Å². The number of nitrogens with zero attached hydrogens (tertiary/aromatic N) is 28. The van der Waals surface area contributed by atoms with Gasteiger partial charge in [0.15, 0.2) is 0 Å².